The lowest BCUT2D eigenvalue weighted by Gasteiger charge is -2.16. The minimum absolute atomic E-state index is 0.104. The summed E-state index contributed by atoms with van der Waals surface area (Å²) in [6.45, 7) is 6.03. The maximum absolute atomic E-state index is 10.8. The average molecular weight is 186 g/mol. The Morgan fingerprint density at radius 2 is 1.85 bits per heavy atom. The van der Waals surface area contributed by atoms with Gasteiger partial charge in [-0.05, 0) is 5.41 Å². The molecule has 0 spiro atoms. The molecule has 0 unspecified atom stereocenters. The molecular weight excluding hydrogens is 172 g/mol. The molecule has 0 heterocycles. The second kappa shape index (κ2) is 4.64. The van der Waals surface area contributed by atoms with Gasteiger partial charge in [-0.3, -0.25) is 0 Å². The number of aliphatic carboxylic acids is 1. The summed E-state index contributed by atoms with van der Waals surface area (Å²) in [5.74, 6) is -1.79. The summed E-state index contributed by atoms with van der Waals surface area (Å²) in [6, 6.07) is 0. The topological polar surface area (TPSA) is 63.6 Å². The maximum atomic E-state index is 10.8. The van der Waals surface area contributed by atoms with Crippen LogP contribution in [0.5, 0.6) is 0 Å². The predicted molar refractivity (Wildman–Crippen MR) is 47.2 cm³/mol. The third-order valence-electron chi connectivity index (χ3n) is 1.01. The molecule has 0 aliphatic carbocycles. The summed E-state index contributed by atoms with van der Waals surface area (Å²) in [7, 11) is 0. The first-order chi connectivity index (χ1) is 5.81. The van der Waals surface area contributed by atoms with Gasteiger partial charge in [-0.2, -0.15) is 0 Å². The highest BCUT2D eigenvalue weighted by Gasteiger charge is 2.12. The lowest BCUT2D eigenvalue weighted by molar-refractivity contribution is -0.141. The highest BCUT2D eigenvalue weighted by Crippen LogP contribution is 2.12. The van der Waals surface area contributed by atoms with E-state index in [1.54, 1.807) is 0 Å². The number of carbonyl (C=O) groups excluding carboxylic acids is 1. The summed E-state index contributed by atoms with van der Waals surface area (Å²) in [5.41, 5.74) is -0.104. The van der Waals surface area contributed by atoms with Gasteiger partial charge in [0.2, 0.25) is 0 Å². The van der Waals surface area contributed by atoms with Gasteiger partial charge in [-0.1, -0.05) is 20.8 Å². The number of carboxylic acid groups (broad SMARTS) is 1. The molecule has 0 atom stereocenters. The normalized spacial score (nSPS) is 11.6. The Kier molecular flexibility index (Phi) is 4.17. The highest BCUT2D eigenvalue weighted by atomic mass is 16.5. The lowest BCUT2D eigenvalue weighted by Crippen LogP contribution is -2.17. The van der Waals surface area contributed by atoms with Crippen LogP contribution in [0.25, 0.3) is 0 Å². The van der Waals surface area contributed by atoms with Crippen molar-refractivity contribution in [3.63, 3.8) is 0 Å². The van der Waals surface area contributed by atoms with E-state index in [0.29, 0.717) is 0 Å². The molecule has 4 nitrogen and oxygen atoms in total. The molecule has 4 heteroatoms. The van der Waals surface area contributed by atoms with Crippen LogP contribution in [0.15, 0.2) is 12.2 Å². The molecule has 0 aromatic heterocycles. The molecule has 0 fully saturated rings. The van der Waals surface area contributed by atoms with E-state index < -0.39 is 11.9 Å². The van der Waals surface area contributed by atoms with E-state index in [-0.39, 0.29) is 12.0 Å². The lowest BCUT2D eigenvalue weighted by atomic mass is 9.99. The molecule has 13 heavy (non-hydrogen) atoms. The van der Waals surface area contributed by atoms with Crippen LogP contribution in [0, 0.1) is 5.41 Å². The minimum atomic E-state index is -1.16. The first kappa shape index (κ1) is 11.7. The van der Waals surface area contributed by atoms with E-state index in [9.17, 15) is 9.59 Å². The van der Waals surface area contributed by atoms with Gasteiger partial charge >= 0.3 is 11.9 Å². The Bertz CT molecular complexity index is 222. The van der Waals surface area contributed by atoms with Crippen molar-refractivity contribution in [2.45, 2.75) is 20.8 Å². The van der Waals surface area contributed by atoms with Gasteiger partial charge in [-0.25, -0.2) is 9.59 Å². The van der Waals surface area contributed by atoms with Crippen LogP contribution in [0.1, 0.15) is 20.8 Å². The van der Waals surface area contributed by atoms with E-state index >= 15 is 0 Å². The van der Waals surface area contributed by atoms with E-state index in [4.69, 9.17) is 9.84 Å². The first-order valence-corrected chi connectivity index (χ1v) is 3.89. The van der Waals surface area contributed by atoms with Gasteiger partial charge in [0, 0.05) is 12.2 Å². The molecule has 1 N–H and O–H groups in total. The zero-order chi connectivity index (χ0) is 10.5. The van der Waals surface area contributed by atoms with Crippen molar-refractivity contribution in [3.05, 3.63) is 12.2 Å². The van der Waals surface area contributed by atoms with Crippen LogP contribution in [0.4, 0.5) is 0 Å². The van der Waals surface area contributed by atoms with Gasteiger partial charge in [0.1, 0.15) is 0 Å². The summed E-state index contributed by atoms with van der Waals surface area (Å²) < 4.78 is 4.77. The molecule has 0 aromatic carbocycles. The largest absolute Gasteiger partial charge is 0.478 e. The zero-order valence-corrected chi connectivity index (χ0v) is 8.03. The summed E-state index contributed by atoms with van der Waals surface area (Å²) >= 11 is 0. The molecule has 0 amide bonds. The summed E-state index contributed by atoms with van der Waals surface area (Å²) in [4.78, 5) is 20.8. The van der Waals surface area contributed by atoms with Gasteiger partial charge in [0.05, 0.1) is 6.61 Å². The third kappa shape index (κ3) is 8.59. The molecular formula is C9H14O4. The standard InChI is InChI=1S/C9H14O4/c1-9(2,3)6-13-8(12)5-4-7(10)11/h4-5H,6H2,1-3H3,(H,10,11). The fraction of sp³-hybridized carbons (Fsp3) is 0.556. The van der Waals surface area contributed by atoms with Crippen molar-refractivity contribution in [1.29, 1.82) is 0 Å². The SMILES string of the molecule is CC(C)(C)COC(=O)C=CC(=O)O. The molecule has 0 saturated heterocycles. The van der Waals surface area contributed by atoms with Crippen molar-refractivity contribution >= 4 is 11.9 Å². The molecule has 0 bridgehead atoms. The number of carboxylic acids is 1. The van der Waals surface area contributed by atoms with Crippen molar-refractivity contribution < 1.29 is 19.4 Å². The van der Waals surface area contributed by atoms with E-state index in [1.807, 2.05) is 20.8 Å². The van der Waals surface area contributed by atoms with Gasteiger partial charge < -0.3 is 9.84 Å². The Balaban J connectivity index is 3.83. The van der Waals surface area contributed by atoms with E-state index in [1.165, 1.54) is 0 Å². The highest BCUT2D eigenvalue weighted by molar-refractivity contribution is 5.90. The van der Waals surface area contributed by atoms with E-state index in [2.05, 4.69) is 0 Å². The number of carbonyl (C=O) groups is 2. The van der Waals surface area contributed by atoms with Gasteiger partial charge in [0.15, 0.2) is 0 Å². The molecule has 0 saturated carbocycles. The first-order valence-electron chi connectivity index (χ1n) is 3.89. The number of ether oxygens (including phenoxy) is 1. The fourth-order valence-corrected chi connectivity index (χ4v) is 0.475. The number of hydrogen-bond donors (Lipinski definition) is 1. The second-order valence-electron chi connectivity index (χ2n) is 3.84. The molecule has 0 aromatic rings. The van der Waals surface area contributed by atoms with Crippen molar-refractivity contribution in [1.82, 2.24) is 0 Å². The smallest absolute Gasteiger partial charge is 0.331 e. The van der Waals surface area contributed by atoms with E-state index in [0.717, 1.165) is 12.2 Å². The van der Waals surface area contributed by atoms with Crippen molar-refractivity contribution in [2.75, 3.05) is 6.61 Å². The monoisotopic (exact) mass is 186 g/mol. The van der Waals surface area contributed by atoms with Gasteiger partial charge in [-0.15, -0.1) is 0 Å². The number of esters is 1. The van der Waals surface area contributed by atoms with Crippen molar-refractivity contribution in [2.24, 2.45) is 5.41 Å². The zero-order valence-electron chi connectivity index (χ0n) is 8.03. The molecule has 0 rings (SSSR count). The van der Waals surface area contributed by atoms with Gasteiger partial charge in [0.25, 0.3) is 0 Å². The maximum Gasteiger partial charge on any atom is 0.331 e. The van der Waals surface area contributed by atoms with Crippen LogP contribution in [-0.4, -0.2) is 23.7 Å². The Morgan fingerprint density at radius 3 is 2.23 bits per heavy atom. The average Bonchev–Trinajstić information content (AvgIpc) is 1.95. The Morgan fingerprint density at radius 1 is 1.31 bits per heavy atom. The Labute approximate surface area is 77.2 Å². The Hall–Kier alpha value is -1.32. The number of hydrogen-bond acceptors (Lipinski definition) is 3. The third-order valence-corrected chi connectivity index (χ3v) is 1.01. The van der Waals surface area contributed by atoms with Crippen LogP contribution in [0.2, 0.25) is 0 Å². The predicted octanol–water partition coefficient (Wildman–Crippen LogP) is 1.22. The van der Waals surface area contributed by atoms with Crippen LogP contribution < -0.4 is 0 Å². The van der Waals surface area contributed by atoms with Crippen LogP contribution >= 0.6 is 0 Å². The molecule has 0 radical (unpaired) electrons. The van der Waals surface area contributed by atoms with Crippen molar-refractivity contribution in [3.8, 4) is 0 Å². The molecule has 74 valence electrons. The quantitative estimate of drug-likeness (QED) is 0.531. The fourth-order valence-electron chi connectivity index (χ4n) is 0.475. The molecule has 0 aliphatic heterocycles. The second-order valence-corrected chi connectivity index (χ2v) is 3.84. The molecule has 0 aliphatic rings. The number of rotatable bonds is 3. The van der Waals surface area contributed by atoms with Crippen LogP contribution in [-0.2, 0) is 14.3 Å². The minimum Gasteiger partial charge on any atom is -0.478 e. The van der Waals surface area contributed by atoms with Crippen LogP contribution in [0.3, 0.4) is 0 Å². The summed E-state index contributed by atoms with van der Waals surface area (Å²) in [6.07, 6.45) is 1.65. The summed E-state index contributed by atoms with van der Waals surface area (Å²) in [5, 5.41) is 8.20.